The average molecular weight is 266 g/mol. The number of rotatable bonds is 5. The van der Waals surface area contributed by atoms with Crippen LogP contribution >= 0.6 is 0 Å². The van der Waals surface area contributed by atoms with Crippen LogP contribution in [0.2, 0.25) is 0 Å². The highest BCUT2D eigenvalue weighted by Gasteiger charge is 2.14. The number of phenolic OH excluding ortho intramolecular Hbond substituents is 1. The third-order valence-corrected chi connectivity index (χ3v) is 2.72. The first-order valence-corrected chi connectivity index (χ1v) is 5.96. The summed E-state index contributed by atoms with van der Waals surface area (Å²) >= 11 is 0. The van der Waals surface area contributed by atoms with E-state index in [2.05, 4.69) is 4.74 Å². The van der Waals surface area contributed by atoms with Gasteiger partial charge in [0.1, 0.15) is 12.4 Å². The average Bonchev–Trinajstić information content (AvgIpc) is 2.38. The zero-order chi connectivity index (χ0) is 14.4. The Morgan fingerprint density at radius 2 is 2.05 bits per heavy atom. The lowest BCUT2D eigenvalue weighted by molar-refractivity contribution is -0.145. The molecule has 5 nitrogen and oxygen atoms in total. The molecule has 0 heterocycles. The van der Waals surface area contributed by atoms with Crippen LogP contribution in [0.25, 0.3) is 0 Å². The quantitative estimate of drug-likeness (QED) is 0.823. The summed E-state index contributed by atoms with van der Waals surface area (Å²) in [6.45, 7) is 3.09. The van der Waals surface area contributed by atoms with E-state index in [9.17, 15) is 14.7 Å². The van der Waals surface area contributed by atoms with E-state index in [1.807, 2.05) is 0 Å². The first kappa shape index (κ1) is 15.0. The number of hydrogen-bond acceptors (Lipinski definition) is 5. The van der Waals surface area contributed by atoms with E-state index in [0.717, 1.165) is 5.56 Å². The summed E-state index contributed by atoms with van der Waals surface area (Å²) in [6.07, 6.45) is 0.500. The summed E-state index contributed by atoms with van der Waals surface area (Å²) in [4.78, 5) is 22.1. The van der Waals surface area contributed by atoms with Crippen LogP contribution in [0.5, 0.6) is 5.75 Å². The maximum absolute atomic E-state index is 11.3. The van der Waals surface area contributed by atoms with Crippen LogP contribution in [0.1, 0.15) is 25.0 Å². The zero-order valence-electron chi connectivity index (χ0n) is 11.3. The van der Waals surface area contributed by atoms with E-state index in [1.54, 1.807) is 19.1 Å². The number of carbonyl (C=O) groups excluding carboxylic acids is 2. The van der Waals surface area contributed by atoms with Gasteiger partial charge in [0.15, 0.2) is 0 Å². The van der Waals surface area contributed by atoms with Crippen molar-refractivity contribution in [3.05, 3.63) is 29.3 Å². The minimum atomic E-state index is -0.410. The molecule has 0 unspecified atom stereocenters. The number of esters is 2. The standard InChI is InChI=1S/C14H18O5/c1-9(14(17)18-3)6-11-4-5-13(16)12(7-11)8-19-10(2)15/h4-5,7,9,16H,6,8H2,1-3H3/t9-/m0/s1. The lowest BCUT2D eigenvalue weighted by Crippen LogP contribution is -2.15. The predicted octanol–water partition coefficient (Wildman–Crippen LogP) is 1.81. The lowest BCUT2D eigenvalue weighted by Gasteiger charge is -2.11. The van der Waals surface area contributed by atoms with Gasteiger partial charge >= 0.3 is 11.9 Å². The maximum Gasteiger partial charge on any atom is 0.308 e. The molecule has 1 aromatic carbocycles. The van der Waals surface area contributed by atoms with Gasteiger partial charge in [0.05, 0.1) is 13.0 Å². The first-order chi connectivity index (χ1) is 8.93. The Balaban J connectivity index is 2.78. The van der Waals surface area contributed by atoms with Crippen LogP contribution in [-0.2, 0) is 32.1 Å². The van der Waals surface area contributed by atoms with E-state index in [-0.39, 0.29) is 24.2 Å². The molecule has 1 rings (SSSR count). The highest BCUT2D eigenvalue weighted by Crippen LogP contribution is 2.21. The van der Waals surface area contributed by atoms with Gasteiger partial charge in [-0.2, -0.15) is 0 Å². The van der Waals surface area contributed by atoms with Crippen molar-refractivity contribution in [1.82, 2.24) is 0 Å². The van der Waals surface area contributed by atoms with Crippen molar-refractivity contribution >= 4 is 11.9 Å². The van der Waals surface area contributed by atoms with Gasteiger partial charge in [-0.25, -0.2) is 0 Å². The van der Waals surface area contributed by atoms with Crippen LogP contribution in [-0.4, -0.2) is 24.2 Å². The molecule has 0 bridgehead atoms. The summed E-state index contributed by atoms with van der Waals surface area (Å²) < 4.78 is 9.51. The Bertz CT molecular complexity index is 467. The van der Waals surface area contributed by atoms with Gasteiger partial charge in [-0.15, -0.1) is 0 Å². The van der Waals surface area contributed by atoms with E-state index in [1.165, 1.54) is 20.1 Å². The van der Waals surface area contributed by atoms with Gasteiger partial charge in [0.2, 0.25) is 0 Å². The second-order valence-electron chi connectivity index (χ2n) is 4.37. The molecule has 0 saturated heterocycles. The van der Waals surface area contributed by atoms with Gasteiger partial charge in [-0.1, -0.05) is 13.0 Å². The third kappa shape index (κ3) is 4.62. The fraction of sp³-hybridized carbons (Fsp3) is 0.429. The Kier molecular flexibility index (Phi) is 5.36. The van der Waals surface area contributed by atoms with E-state index >= 15 is 0 Å². The fourth-order valence-electron chi connectivity index (χ4n) is 1.70. The highest BCUT2D eigenvalue weighted by molar-refractivity contribution is 5.72. The molecular formula is C14H18O5. The summed E-state index contributed by atoms with van der Waals surface area (Å²) in [5.74, 6) is -0.894. The summed E-state index contributed by atoms with van der Waals surface area (Å²) in [7, 11) is 1.35. The highest BCUT2D eigenvalue weighted by atomic mass is 16.5. The van der Waals surface area contributed by atoms with Gasteiger partial charge in [0, 0.05) is 12.5 Å². The molecule has 1 atom stereocenters. The topological polar surface area (TPSA) is 72.8 Å². The molecule has 0 aromatic heterocycles. The predicted molar refractivity (Wildman–Crippen MR) is 68.5 cm³/mol. The second-order valence-corrected chi connectivity index (χ2v) is 4.37. The van der Waals surface area contributed by atoms with E-state index < -0.39 is 5.97 Å². The van der Waals surface area contributed by atoms with E-state index in [0.29, 0.717) is 12.0 Å². The molecule has 104 valence electrons. The van der Waals surface area contributed by atoms with Gasteiger partial charge < -0.3 is 14.6 Å². The van der Waals surface area contributed by atoms with E-state index in [4.69, 9.17) is 4.74 Å². The van der Waals surface area contributed by atoms with Crippen molar-refractivity contribution in [3.63, 3.8) is 0 Å². The van der Waals surface area contributed by atoms with Crippen LogP contribution < -0.4 is 0 Å². The third-order valence-electron chi connectivity index (χ3n) is 2.72. The Morgan fingerprint density at radius 3 is 2.63 bits per heavy atom. The van der Waals surface area contributed by atoms with Crippen molar-refractivity contribution in [1.29, 1.82) is 0 Å². The molecule has 0 saturated carbocycles. The van der Waals surface area contributed by atoms with Crippen molar-refractivity contribution < 1.29 is 24.2 Å². The Morgan fingerprint density at radius 1 is 1.37 bits per heavy atom. The number of phenols is 1. The summed E-state index contributed by atoms with van der Waals surface area (Å²) in [5, 5.41) is 9.65. The molecule has 0 aliphatic heterocycles. The zero-order valence-corrected chi connectivity index (χ0v) is 11.3. The van der Waals surface area contributed by atoms with Gasteiger partial charge in [-0.3, -0.25) is 9.59 Å². The molecule has 0 amide bonds. The fourth-order valence-corrected chi connectivity index (χ4v) is 1.70. The lowest BCUT2D eigenvalue weighted by atomic mass is 9.99. The van der Waals surface area contributed by atoms with Crippen molar-refractivity contribution in [3.8, 4) is 5.75 Å². The monoisotopic (exact) mass is 266 g/mol. The van der Waals surface area contributed by atoms with Crippen molar-refractivity contribution in [2.75, 3.05) is 7.11 Å². The SMILES string of the molecule is COC(=O)[C@@H](C)Cc1ccc(O)c(COC(C)=O)c1. The molecule has 1 N–H and O–H groups in total. The minimum absolute atomic E-state index is 0.0155. The molecule has 0 spiro atoms. The molecule has 5 heteroatoms. The van der Waals surface area contributed by atoms with Gasteiger partial charge in [0.25, 0.3) is 0 Å². The van der Waals surface area contributed by atoms with Gasteiger partial charge in [-0.05, 0) is 24.1 Å². The van der Waals surface area contributed by atoms with Crippen molar-refractivity contribution in [2.24, 2.45) is 5.92 Å². The van der Waals surface area contributed by atoms with Crippen LogP contribution in [0.15, 0.2) is 18.2 Å². The molecule has 19 heavy (non-hydrogen) atoms. The molecular weight excluding hydrogens is 248 g/mol. The number of ether oxygens (including phenoxy) is 2. The largest absolute Gasteiger partial charge is 0.508 e. The summed E-state index contributed by atoms with van der Waals surface area (Å²) in [6, 6.07) is 4.97. The van der Waals surface area contributed by atoms with Crippen LogP contribution in [0.3, 0.4) is 0 Å². The van der Waals surface area contributed by atoms with Crippen LogP contribution in [0.4, 0.5) is 0 Å². The summed E-state index contributed by atoms with van der Waals surface area (Å²) in [5.41, 5.74) is 1.39. The van der Waals surface area contributed by atoms with Crippen molar-refractivity contribution in [2.45, 2.75) is 26.9 Å². The minimum Gasteiger partial charge on any atom is -0.508 e. The number of benzene rings is 1. The molecule has 0 radical (unpaired) electrons. The Labute approximate surface area is 112 Å². The number of hydrogen-bond donors (Lipinski definition) is 1. The molecule has 0 aliphatic rings. The smallest absolute Gasteiger partial charge is 0.308 e. The molecule has 0 fully saturated rings. The Hall–Kier alpha value is -2.04. The number of carbonyl (C=O) groups is 2. The molecule has 0 aliphatic carbocycles. The van der Waals surface area contributed by atoms with Crippen LogP contribution in [0, 0.1) is 5.92 Å². The number of methoxy groups -OCH3 is 1. The normalized spacial score (nSPS) is 11.7. The number of aromatic hydroxyl groups is 1. The maximum atomic E-state index is 11.3. The second kappa shape index (κ2) is 6.78. The molecule has 1 aromatic rings. The first-order valence-electron chi connectivity index (χ1n) is 5.96.